The maximum absolute atomic E-state index is 6.46. The van der Waals surface area contributed by atoms with E-state index in [1.807, 2.05) is 0 Å². The molecule has 1 aromatic heterocycles. The summed E-state index contributed by atoms with van der Waals surface area (Å²) in [6.45, 7) is 11.9. The predicted molar refractivity (Wildman–Crippen MR) is 82.7 cm³/mol. The molecule has 0 aliphatic rings. The van der Waals surface area contributed by atoms with E-state index in [4.69, 9.17) is 11.6 Å². The summed E-state index contributed by atoms with van der Waals surface area (Å²) in [5, 5.41) is 6.44. The van der Waals surface area contributed by atoms with Crippen LogP contribution < -0.4 is 0 Å². The number of aryl methyl sites for hydroxylation is 2. The van der Waals surface area contributed by atoms with Gasteiger partial charge in [-0.15, -0.1) is 0 Å². The fourth-order valence-corrected chi connectivity index (χ4v) is 3.58. The molecule has 2 nitrogen and oxygen atoms in total. The molecule has 1 unspecified atom stereocenters. The molecular formula is C14H24BrClN2. The number of rotatable bonds is 5. The highest BCUT2D eigenvalue weighted by Gasteiger charge is 2.27. The minimum Gasteiger partial charge on any atom is -0.268 e. The van der Waals surface area contributed by atoms with Gasteiger partial charge in [0.2, 0.25) is 0 Å². The average Bonchev–Trinajstić information content (AvgIpc) is 2.60. The second-order valence-corrected chi connectivity index (χ2v) is 6.82. The van der Waals surface area contributed by atoms with Crippen molar-refractivity contribution in [3.05, 3.63) is 16.4 Å². The summed E-state index contributed by atoms with van der Waals surface area (Å²) in [5.74, 6) is 0.557. The van der Waals surface area contributed by atoms with E-state index in [-0.39, 0.29) is 5.41 Å². The molecule has 0 spiro atoms. The summed E-state index contributed by atoms with van der Waals surface area (Å²) in [5.41, 5.74) is 2.48. The van der Waals surface area contributed by atoms with Gasteiger partial charge < -0.3 is 0 Å². The van der Waals surface area contributed by atoms with Gasteiger partial charge >= 0.3 is 0 Å². The third-order valence-corrected chi connectivity index (χ3v) is 4.76. The van der Waals surface area contributed by atoms with E-state index in [2.05, 4.69) is 60.3 Å². The highest BCUT2D eigenvalue weighted by Crippen LogP contribution is 2.33. The number of nitrogens with zero attached hydrogens (tertiary/aromatic N) is 2. The normalized spacial score (nSPS) is 13.9. The molecule has 0 fully saturated rings. The highest BCUT2D eigenvalue weighted by atomic mass is 79.9. The molecular weight excluding hydrogens is 312 g/mol. The van der Waals surface area contributed by atoms with Crippen LogP contribution in [-0.4, -0.2) is 15.1 Å². The molecule has 1 heterocycles. The maximum atomic E-state index is 6.46. The van der Waals surface area contributed by atoms with Crippen LogP contribution in [-0.2, 0) is 19.4 Å². The van der Waals surface area contributed by atoms with Gasteiger partial charge in [0.15, 0.2) is 0 Å². The van der Waals surface area contributed by atoms with Crippen LogP contribution in [0.15, 0.2) is 0 Å². The lowest BCUT2D eigenvalue weighted by Gasteiger charge is -2.29. The van der Waals surface area contributed by atoms with Gasteiger partial charge in [0, 0.05) is 11.9 Å². The fraction of sp³-hybridized carbons (Fsp3) is 0.786. The van der Waals surface area contributed by atoms with Crippen LogP contribution >= 0.6 is 27.5 Å². The lowest BCUT2D eigenvalue weighted by Crippen LogP contribution is -2.25. The summed E-state index contributed by atoms with van der Waals surface area (Å²) < 4.78 is 2.06. The summed E-state index contributed by atoms with van der Waals surface area (Å²) in [7, 11) is 0. The lowest BCUT2D eigenvalue weighted by molar-refractivity contribution is 0.262. The van der Waals surface area contributed by atoms with E-state index in [1.165, 1.54) is 5.69 Å². The molecule has 1 rings (SSSR count). The monoisotopic (exact) mass is 334 g/mol. The fourth-order valence-electron chi connectivity index (χ4n) is 2.04. The minimum atomic E-state index is 0.266. The maximum Gasteiger partial charge on any atom is 0.0849 e. The van der Waals surface area contributed by atoms with E-state index in [0.717, 1.165) is 35.4 Å². The van der Waals surface area contributed by atoms with E-state index in [9.17, 15) is 0 Å². The van der Waals surface area contributed by atoms with E-state index in [1.54, 1.807) is 0 Å². The average molecular weight is 336 g/mol. The lowest BCUT2D eigenvalue weighted by atomic mass is 9.79. The summed E-state index contributed by atoms with van der Waals surface area (Å²) in [6.07, 6.45) is 1.88. The molecule has 1 aromatic rings. The second kappa shape index (κ2) is 6.42. The molecule has 0 aromatic carbocycles. The van der Waals surface area contributed by atoms with Crippen molar-refractivity contribution < 1.29 is 0 Å². The van der Waals surface area contributed by atoms with Crippen LogP contribution in [0, 0.1) is 11.3 Å². The minimum absolute atomic E-state index is 0.266. The summed E-state index contributed by atoms with van der Waals surface area (Å²) in [6, 6.07) is 0. The van der Waals surface area contributed by atoms with E-state index in [0.29, 0.717) is 5.92 Å². The smallest absolute Gasteiger partial charge is 0.0849 e. The molecule has 0 saturated heterocycles. The Bertz CT molecular complexity index is 393. The van der Waals surface area contributed by atoms with Crippen molar-refractivity contribution in [1.82, 2.24) is 9.78 Å². The van der Waals surface area contributed by atoms with Crippen molar-refractivity contribution in [2.45, 2.75) is 54.0 Å². The number of halogens is 2. The first kappa shape index (κ1) is 16.0. The van der Waals surface area contributed by atoms with E-state index >= 15 is 0 Å². The SMILES string of the molecule is CCc1nn(CC)c(CC(CBr)C(C)(C)C)c1Cl. The Kier molecular flexibility index (Phi) is 5.72. The van der Waals surface area contributed by atoms with Crippen LogP contribution in [0.5, 0.6) is 0 Å². The van der Waals surface area contributed by atoms with Crippen molar-refractivity contribution in [1.29, 1.82) is 0 Å². The quantitative estimate of drug-likeness (QED) is 0.712. The molecule has 0 aliphatic heterocycles. The van der Waals surface area contributed by atoms with Gasteiger partial charge in [0.25, 0.3) is 0 Å². The summed E-state index contributed by atoms with van der Waals surface area (Å²) in [4.78, 5) is 0. The largest absolute Gasteiger partial charge is 0.268 e. The van der Waals surface area contributed by atoms with Crippen LogP contribution in [0.3, 0.4) is 0 Å². The Balaban J connectivity index is 3.05. The van der Waals surface area contributed by atoms with E-state index < -0.39 is 0 Å². The molecule has 0 radical (unpaired) electrons. The number of aromatic nitrogens is 2. The number of hydrogen-bond donors (Lipinski definition) is 0. The van der Waals surface area contributed by atoms with Crippen LogP contribution in [0.4, 0.5) is 0 Å². The van der Waals surface area contributed by atoms with Crippen molar-refractivity contribution in [3.8, 4) is 0 Å². The van der Waals surface area contributed by atoms with Gasteiger partial charge in [-0.2, -0.15) is 5.10 Å². The second-order valence-electron chi connectivity index (χ2n) is 5.80. The van der Waals surface area contributed by atoms with Gasteiger partial charge in [-0.05, 0) is 31.1 Å². The molecule has 0 bridgehead atoms. The molecule has 0 amide bonds. The van der Waals surface area contributed by atoms with Gasteiger partial charge in [-0.25, -0.2) is 0 Å². The Hall–Kier alpha value is -0.0200. The van der Waals surface area contributed by atoms with Crippen LogP contribution in [0.1, 0.15) is 46.0 Å². The Morgan fingerprint density at radius 3 is 2.33 bits per heavy atom. The van der Waals surface area contributed by atoms with Crippen LogP contribution in [0.25, 0.3) is 0 Å². The zero-order valence-electron chi connectivity index (χ0n) is 12.1. The molecule has 104 valence electrons. The van der Waals surface area contributed by atoms with Crippen molar-refractivity contribution in [2.75, 3.05) is 5.33 Å². The first-order valence-corrected chi connectivity index (χ1v) is 8.15. The Labute approximate surface area is 124 Å². The number of hydrogen-bond acceptors (Lipinski definition) is 1. The Morgan fingerprint density at radius 2 is 1.94 bits per heavy atom. The van der Waals surface area contributed by atoms with Gasteiger partial charge in [-0.1, -0.05) is 55.2 Å². The molecule has 0 N–H and O–H groups in total. The van der Waals surface area contributed by atoms with Gasteiger partial charge in [-0.3, -0.25) is 4.68 Å². The standard InChI is InChI=1S/C14H24BrClN2/c1-6-11-13(16)12(18(7-2)17-11)8-10(9-15)14(3,4)5/h10H,6-9H2,1-5H3. The van der Waals surface area contributed by atoms with Gasteiger partial charge in [0.1, 0.15) is 0 Å². The van der Waals surface area contributed by atoms with Crippen LogP contribution in [0.2, 0.25) is 5.02 Å². The van der Waals surface area contributed by atoms with Crippen molar-refractivity contribution in [2.24, 2.45) is 11.3 Å². The first-order valence-electron chi connectivity index (χ1n) is 6.65. The summed E-state index contributed by atoms with van der Waals surface area (Å²) >= 11 is 10.1. The first-order chi connectivity index (χ1) is 8.35. The highest BCUT2D eigenvalue weighted by molar-refractivity contribution is 9.09. The third-order valence-electron chi connectivity index (χ3n) is 3.54. The molecule has 1 atom stereocenters. The number of alkyl halides is 1. The topological polar surface area (TPSA) is 17.8 Å². The van der Waals surface area contributed by atoms with Crippen molar-refractivity contribution in [3.63, 3.8) is 0 Å². The zero-order chi connectivity index (χ0) is 13.9. The zero-order valence-corrected chi connectivity index (χ0v) is 14.4. The van der Waals surface area contributed by atoms with Gasteiger partial charge in [0.05, 0.1) is 16.4 Å². The molecule has 0 saturated carbocycles. The molecule has 18 heavy (non-hydrogen) atoms. The molecule has 0 aliphatic carbocycles. The third kappa shape index (κ3) is 3.51. The Morgan fingerprint density at radius 1 is 1.33 bits per heavy atom. The predicted octanol–water partition coefficient (Wildman–Crippen LogP) is 4.72. The van der Waals surface area contributed by atoms with Crippen molar-refractivity contribution >= 4 is 27.5 Å². The molecule has 4 heteroatoms.